The van der Waals surface area contributed by atoms with E-state index in [2.05, 4.69) is 4.74 Å². The van der Waals surface area contributed by atoms with E-state index in [1.54, 1.807) is 0 Å². The van der Waals surface area contributed by atoms with Crippen LogP contribution in [0.25, 0.3) is 0 Å². The van der Waals surface area contributed by atoms with Crippen LogP contribution in [0.5, 0.6) is 0 Å². The number of hydrogen-bond acceptors (Lipinski definition) is 10. The molecule has 0 aromatic heterocycles. The molecule has 8 N–H and O–H groups in total. The normalized spacial score (nSPS) is 33.4. The number of aliphatic hydroxyl groups excluding tert-OH is 2. The van der Waals surface area contributed by atoms with Crippen molar-refractivity contribution in [2.75, 3.05) is 6.61 Å². The Morgan fingerprint density at radius 3 is 1.82 bits per heavy atom. The molecule has 1 heterocycles. The van der Waals surface area contributed by atoms with Gasteiger partial charge in [-0.15, -0.1) is 0 Å². The van der Waals surface area contributed by atoms with Gasteiger partial charge in [-0.3, -0.25) is 0 Å². The Balaban J connectivity index is 0.00000121. The second-order valence-electron chi connectivity index (χ2n) is 3.29. The van der Waals surface area contributed by atoms with Crippen molar-refractivity contribution in [2.24, 2.45) is 0 Å². The first kappa shape index (κ1) is 17.0. The van der Waals surface area contributed by atoms with Crippen LogP contribution >= 0.6 is 0 Å². The minimum absolute atomic E-state index is 0.997. The molecule has 1 saturated heterocycles. The van der Waals surface area contributed by atoms with E-state index in [0.29, 0.717) is 0 Å². The zero-order valence-corrected chi connectivity index (χ0v) is 9.60. The monoisotopic (exact) mass is 295 g/mol. The SMILES string of the molecule is OC[C@H]1OC(O)(O)C(O)(O)C(O)(O)[C@H]1O.[O]=[V]. The van der Waals surface area contributed by atoms with Gasteiger partial charge in [0.2, 0.25) is 0 Å². The molecular formula is C6H12O10V. The average molecular weight is 295 g/mol. The van der Waals surface area contributed by atoms with E-state index in [4.69, 9.17) is 44.5 Å². The van der Waals surface area contributed by atoms with Crippen LogP contribution in [0.3, 0.4) is 0 Å². The molecule has 0 aliphatic carbocycles. The summed E-state index contributed by atoms with van der Waals surface area (Å²) in [5, 5.41) is 71.8. The second-order valence-corrected chi connectivity index (χ2v) is 3.29. The molecule has 0 bridgehead atoms. The molecule has 10 nitrogen and oxygen atoms in total. The van der Waals surface area contributed by atoms with Gasteiger partial charge in [0.1, 0.15) is 12.2 Å². The fourth-order valence-corrected chi connectivity index (χ4v) is 1.20. The first-order chi connectivity index (χ1) is 7.58. The Morgan fingerprint density at radius 2 is 1.47 bits per heavy atom. The molecule has 0 aromatic carbocycles. The van der Waals surface area contributed by atoms with Crippen molar-refractivity contribution < 1.29 is 66.6 Å². The van der Waals surface area contributed by atoms with Crippen LogP contribution in [0.1, 0.15) is 0 Å². The van der Waals surface area contributed by atoms with Gasteiger partial charge in [0.25, 0.3) is 5.79 Å². The molecule has 0 amide bonds. The fraction of sp³-hybridized carbons (Fsp3) is 1.00. The molecule has 0 aromatic rings. The third-order valence-corrected chi connectivity index (χ3v) is 2.23. The van der Waals surface area contributed by atoms with E-state index < -0.39 is 36.4 Å². The molecule has 0 unspecified atom stereocenters. The van der Waals surface area contributed by atoms with Crippen LogP contribution in [0, 0.1) is 0 Å². The van der Waals surface area contributed by atoms with Crippen LogP contribution < -0.4 is 0 Å². The van der Waals surface area contributed by atoms with Crippen molar-refractivity contribution >= 4 is 0 Å². The molecular weight excluding hydrogens is 283 g/mol. The number of rotatable bonds is 1. The minimum atomic E-state index is -3.94. The molecule has 11 heteroatoms. The summed E-state index contributed by atoms with van der Waals surface area (Å²) in [5.41, 5.74) is 0. The van der Waals surface area contributed by atoms with Gasteiger partial charge in [0.05, 0.1) is 6.61 Å². The van der Waals surface area contributed by atoms with Gasteiger partial charge in [-0.25, -0.2) is 0 Å². The van der Waals surface area contributed by atoms with Crippen molar-refractivity contribution in [3.63, 3.8) is 0 Å². The van der Waals surface area contributed by atoms with Crippen LogP contribution in [0.15, 0.2) is 0 Å². The van der Waals surface area contributed by atoms with Crippen LogP contribution in [0.2, 0.25) is 0 Å². The Kier molecular flexibility index (Phi) is 5.35. The van der Waals surface area contributed by atoms with Crippen LogP contribution in [-0.4, -0.2) is 77.2 Å². The number of aliphatic hydroxyl groups is 8. The zero-order valence-electron chi connectivity index (χ0n) is 8.20. The molecule has 1 rings (SSSR count). The van der Waals surface area contributed by atoms with Crippen molar-refractivity contribution in [1.29, 1.82) is 0 Å². The second kappa shape index (κ2) is 5.34. The van der Waals surface area contributed by atoms with Crippen LogP contribution in [0.4, 0.5) is 0 Å². The summed E-state index contributed by atoms with van der Waals surface area (Å²) < 4.78 is 12.3. The van der Waals surface area contributed by atoms with Crippen molar-refractivity contribution in [1.82, 2.24) is 0 Å². The quantitative estimate of drug-likeness (QED) is 0.217. The summed E-state index contributed by atoms with van der Waals surface area (Å²) in [5.74, 6) is -11.4. The Hall–Kier alpha value is 0.0244. The fourth-order valence-electron chi connectivity index (χ4n) is 1.20. The third-order valence-electron chi connectivity index (χ3n) is 2.23. The predicted octanol–water partition coefficient (Wildman–Crippen LogP) is -5.38. The van der Waals surface area contributed by atoms with E-state index in [1.165, 1.54) is 0 Å². The number of hydrogen-bond donors (Lipinski definition) is 8. The maximum absolute atomic E-state index is 9.14. The van der Waals surface area contributed by atoms with Gasteiger partial charge >= 0.3 is 32.8 Å². The van der Waals surface area contributed by atoms with E-state index >= 15 is 0 Å². The Bertz CT molecular complexity index is 266. The molecule has 2 atom stereocenters. The van der Waals surface area contributed by atoms with Gasteiger partial charge in [0.15, 0.2) is 0 Å². The standard InChI is InChI=1S/C6H12O9.O.V/c7-1-2-3(8)4(9,10)5(11,12)6(13,14)15-2;;/h2-3,7-14H,1H2;;/t2-,3+;;/m1../s1. The van der Waals surface area contributed by atoms with Gasteiger partial charge in [-0.2, -0.15) is 0 Å². The Labute approximate surface area is 104 Å². The predicted molar refractivity (Wildman–Crippen MR) is 40.2 cm³/mol. The average Bonchev–Trinajstić information content (AvgIpc) is 2.25. The zero-order chi connectivity index (χ0) is 14.1. The van der Waals surface area contributed by atoms with Crippen LogP contribution in [-0.2, 0) is 25.8 Å². The molecule has 1 aliphatic rings. The Morgan fingerprint density at radius 1 is 1.06 bits per heavy atom. The van der Waals surface area contributed by atoms with Crippen molar-refractivity contribution in [3.8, 4) is 0 Å². The van der Waals surface area contributed by atoms with Gasteiger partial charge in [-0.1, -0.05) is 0 Å². The summed E-state index contributed by atoms with van der Waals surface area (Å²) >= 11 is 1.06. The van der Waals surface area contributed by atoms with E-state index in [9.17, 15) is 0 Å². The number of ether oxygens (including phenoxy) is 1. The van der Waals surface area contributed by atoms with Crippen molar-refractivity contribution in [3.05, 3.63) is 0 Å². The summed E-state index contributed by atoms with van der Waals surface area (Å²) in [4.78, 5) is 0. The maximum atomic E-state index is 9.14. The summed E-state index contributed by atoms with van der Waals surface area (Å²) in [7, 11) is 0. The first-order valence-electron chi connectivity index (χ1n) is 4.07. The molecule has 1 aliphatic heterocycles. The molecule has 101 valence electrons. The first-order valence-corrected chi connectivity index (χ1v) is 4.64. The summed E-state index contributed by atoms with van der Waals surface area (Å²) in [6.07, 6.45) is -4.15. The van der Waals surface area contributed by atoms with Crippen molar-refractivity contribution in [2.45, 2.75) is 29.8 Å². The molecule has 0 saturated carbocycles. The van der Waals surface area contributed by atoms with Gasteiger partial charge in [0, 0.05) is 0 Å². The van der Waals surface area contributed by atoms with Gasteiger partial charge < -0.3 is 45.6 Å². The summed E-state index contributed by atoms with van der Waals surface area (Å²) in [6, 6.07) is 0. The van der Waals surface area contributed by atoms with E-state index in [-0.39, 0.29) is 0 Å². The molecule has 0 spiro atoms. The third kappa shape index (κ3) is 2.57. The summed E-state index contributed by atoms with van der Waals surface area (Å²) in [6.45, 7) is -0.997. The van der Waals surface area contributed by atoms with Gasteiger partial charge in [-0.05, 0) is 0 Å². The molecule has 17 heavy (non-hydrogen) atoms. The van der Waals surface area contributed by atoms with E-state index in [0.717, 1.165) is 17.4 Å². The molecule has 0 radical (unpaired) electrons. The van der Waals surface area contributed by atoms with E-state index in [1.807, 2.05) is 0 Å². The molecule has 1 fully saturated rings. The topological polar surface area (TPSA) is 188 Å².